The minimum Gasteiger partial charge on any atom is -0.384 e. The number of benzene rings is 1. The maximum atomic E-state index is 10.4. The zero-order valence-electron chi connectivity index (χ0n) is 10.4. The molecule has 0 radical (unpaired) electrons. The molecule has 2 heterocycles. The van der Waals surface area contributed by atoms with Crippen molar-refractivity contribution in [2.24, 2.45) is 0 Å². The summed E-state index contributed by atoms with van der Waals surface area (Å²) in [5, 5.41) is 11.0. The van der Waals surface area contributed by atoms with Gasteiger partial charge < -0.3 is 14.6 Å². The smallest absolute Gasteiger partial charge is 0.193 e. The predicted molar refractivity (Wildman–Crippen MR) is 79.5 cm³/mol. The zero-order chi connectivity index (χ0) is 14.1. The topological polar surface area (TPSA) is 38.7 Å². The van der Waals surface area contributed by atoms with Crippen LogP contribution in [-0.4, -0.2) is 18.3 Å². The van der Waals surface area contributed by atoms with Gasteiger partial charge >= 0.3 is 0 Å². The number of aliphatic hydroxyl groups is 1. The van der Waals surface area contributed by atoms with Crippen molar-refractivity contribution in [2.75, 3.05) is 13.2 Å². The van der Waals surface area contributed by atoms with E-state index in [0.29, 0.717) is 33.7 Å². The Hall–Kier alpha value is -0.620. The molecule has 1 atom stereocenters. The van der Waals surface area contributed by atoms with E-state index in [1.165, 1.54) is 11.3 Å². The summed E-state index contributed by atoms with van der Waals surface area (Å²) in [5.74, 6) is 0. The first-order chi connectivity index (χ1) is 9.65. The Labute approximate surface area is 130 Å². The van der Waals surface area contributed by atoms with Gasteiger partial charge in [-0.2, -0.15) is 0 Å². The first-order valence-corrected chi connectivity index (χ1v) is 7.68. The molecule has 2 aromatic rings. The summed E-state index contributed by atoms with van der Waals surface area (Å²) in [7, 11) is 0. The van der Waals surface area contributed by atoms with Gasteiger partial charge in [0.15, 0.2) is 6.29 Å². The molecule has 0 spiro atoms. The molecular weight excluding hydrogens is 319 g/mol. The van der Waals surface area contributed by atoms with Gasteiger partial charge in [0, 0.05) is 10.6 Å². The Balaban J connectivity index is 1.89. The van der Waals surface area contributed by atoms with E-state index >= 15 is 0 Å². The second kappa shape index (κ2) is 6.02. The van der Waals surface area contributed by atoms with Gasteiger partial charge in [0.05, 0.1) is 22.4 Å². The molecule has 0 aliphatic carbocycles. The molecule has 1 aliphatic rings. The van der Waals surface area contributed by atoms with Crippen LogP contribution in [0, 0.1) is 0 Å². The van der Waals surface area contributed by atoms with Crippen molar-refractivity contribution in [1.82, 2.24) is 0 Å². The van der Waals surface area contributed by atoms with Crippen molar-refractivity contribution in [1.29, 1.82) is 0 Å². The number of aliphatic hydroxyl groups excluding tert-OH is 1. The van der Waals surface area contributed by atoms with Gasteiger partial charge in [0.25, 0.3) is 0 Å². The van der Waals surface area contributed by atoms with Crippen molar-refractivity contribution in [3.8, 4) is 0 Å². The average Bonchev–Trinajstić information content (AvgIpc) is 3.07. The van der Waals surface area contributed by atoms with Gasteiger partial charge in [0.2, 0.25) is 0 Å². The summed E-state index contributed by atoms with van der Waals surface area (Å²) >= 11 is 13.5. The van der Waals surface area contributed by atoms with E-state index in [-0.39, 0.29) is 6.29 Å². The molecule has 1 unspecified atom stereocenters. The third kappa shape index (κ3) is 2.86. The van der Waals surface area contributed by atoms with Crippen molar-refractivity contribution in [3.05, 3.63) is 55.7 Å². The molecular formula is C14H12Cl2O3S. The van der Waals surface area contributed by atoms with Gasteiger partial charge in [-0.15, -0.1) is 11.3 Å². The highest BCUT2D eigenvalue weighted by molar-refractivity contribution is 7.16. The van der Waals surface area contributed by atoms with Crippen molar-refractivity contribution in [2.45, 2.75) is 12.4 Å². The second-order valence-electron chi connectivity index (χ2n) is 4.41. The molecule has 3 nitrogen and oxygen atoms in total. The highest BCUT2D eigenvalue weighted by Gasteiger charge is 2.24. The molecule has 1 fully saturated rings. The lowest BCUT2D eigenvalue weighted by atomic mass is 10.0. The Morgan fingerprint density at radius 3 is 2.65 bits per heavy atom. The van der Waals surface area contributed by atoms with Crippen molar-refractivity contribution < 1.29 is 14.6 Å². The fraction of sp³-hybridized carbons (Fsp3) is 0.286. The van der Waals surface area contributed by atoms with E-state index in [0.717, 1.165) is 4.88 Å². The monoisotopic (exact) mass is 330 g/mol. The number of hydrogen-bond donors (Lipinski definition) is 1. The Morgan fingerprint density at radius 2 is 1.95 bits per heavy atom. The minimum absolute atomic E-state index is 0.377. The normalized spacial score (nSPS) is 17.6. The fourth-order valence-corrected chi connectivity index (χ4v) is 3.62. The Bertz CT molecular complexity index is 608. The Kier molecular flexibility index (Phi) is 4.31. The molecule has 20 heavy (non-hydrogen) atoms. The van der Waals surface area contributed by atoms with Crippen LogP contribution >= 0.6 is 34.5 Å². The van der Waals surface area contributed by atoms with Crippen LogP contribution in [-0.2, 0) is 9.47 Å². The molecule has 1 aliphatic heterocycles. The number of ether oxygens (including phenoxy) is 2. The van der Waals surface area contributed by atoms with Crippen molar-refractivity contribution in [3.63, 3.8) is 0 Å². The van der Waals surface area contributed by atoms with Crippen LogP contribution in [0.1, 0.15) is 28.4 Å². The number of hydrogen-bond acceptors (Lipinski definition) is 4. The van der Waals surface area contributed by atoms with Crippen LogP contribution in [0.5, 0.6) is 0 Å². The third-order valence-electron chi connectivity index (χ3n) is 3.05. The number of rotatable bonds is 3. The quantitative estimate of drug-likeness (QED) is 0.917. The van der Waals surface area contributed by atoms with E-state index in [1.54, 1.807) is 18.2 Å². The van der Waals surface area contributed by atoms with Crippen LogP contribution in [0.2, 0.25) is 9.36 Å². The molecule has 1 aromatic carbocycles. The zero-order valence-corrected chi connectivity index (χ0v) is 12.7. The van der Waals surface area contributed by atoms with Crippen LogP contribution < -0.4 is 0 Å². The first-order valence-electron chi connectivity index (χ1n) is 6.11. The summed E-state index contributed by atoms with van der Waals surface area (Å²) in [4.78, 5) is 0.864. The SMILES string of the molecule is OC(c1cccc(Cl)c1)c1cc(C2OCCO2)sc1Cl. The fourth-order valence-electron chi connectivity index (χ4n) is 2.08. The van der Waals surface area contributed by atoms with Gasteiger partial charge in [-0.3, -0.25) is 0 Å². The van der Waals surface area contributed by atoms with Gasteiger partial charge in [-0.05, 0) is 23.8 Å². The van der Waals surface area contributed by atoms with E-state index in [1.807, 2.05) is 12.1 Å². The largest absolute Gasteiger partial charge is 0.384 e. The first kappa shape index (κ1) is 14.3. The van der Waals surface area contributed by atoms with Crippen LogP contribution in [0.4, 0.5) is 0 Å². The molecule has 3 rings (SSSR count). The van der Waals surface area contributed by atoms with E-state index < -0.39 is 6.10 Å². The molecule has 1 aromatic heterocycles. The molecule has 0 saturated carbocycles. The number of halogens is 2. The van der Waals surface area contributed by atoms with E-state index in [4.69, 9.17) is 32.7 Å². The van der Waals surface area contributed by atoms with Gasteiger partial charge in [0.1, 0.15) is 6.10 Å². The summed E-state index contributed by atoms with van der Waals surface area (Å²) in [6.07, 6.45) is -1.19. The summed E-state index contributed by atoms with van der Waals surface area (Å²) in [6.45, 7) is 1.15. The van der Waals surface area contributed by atoms with Crippen LogP contribution in [0.25, 0.3) is 0 Å². The standard InChI is InChI=1S/C14H12Cl2O3S/c15-9-3-1-2-8(6-9)12(17)10-7-11(20-13(10)16)14-18-4-5-19-14/h1-3,6-7,12,14,17H,4-5H2. The number of thiophene rings is 1. The summed E-state index contributed by atoms with van der Waals surface area (Å²) < 4.78 is 11.4. The van der Waals surface area contributed by atoms with Crippen LogP contribution in [0.15, 0.2) is 30.3 Å². The second-order valence-corrected chi connectivity index (χ2v) is 6.53. The lowest BCUT2D eigenvalue weighted by Gasteiger charge is -2.10. The third-order valence-corrected chi connectivity index (χ3v) is 4.69. The summed E-state index contributed by atoms with van der Waals surface area (Å²) in [6, 6.07) is 8.92. The Morgan fingerprint density at radius 1 is 1.20 bits per heavy atom. The maximum absolute atomic E-state index is 10.4. The molecule has 0 bridgehead atoms. The molecule has 1 saturated heterocycles. The maximum Gasteiger partial charge on any atom is 0.193 e. The molecule has 106 valence electrons. The lowest BCUT2D eigenvalue weighted by Crippen LogP contribution is -1.99. The van der Waals surface area contributed by atoms with E-state index in [2.05, 4.69) is 0 Å². The van der Waals surface area contributed by atoms with Gasteiger partial charge in [-0.1, -0.05) is 35.3 Å². The van der Waals surface area contributed by atoms with E-state index in [9.17, 15) is 5.11 Å². The molecule has 1 N–H and O–H groups in total. The summed E-state index contributed by atoms with van der Waals surface area (Å²) in [5.41, 5.74) is 1.35. The highest BCUT2D eigenvalue weighted by atomic mass is 35.5. The predicted octanol–water partition coefficient (Wildman–Crippen LogP) is 4.18. The average molecular weight is 331 g/mol. The highest BCUT2D eigenvalue weighted by Crippen LogP contribution is 2.39. The molecule has 6 heteroatoms. The van der Waals surface area contributed by atoms with Crippen LogP contribution in [0.3, 0.4) is 0 Å². The minimum atomic E-state index is -0.812. The lowest BCUT2D eigenvalue weighted by molar-refractivity contribution is -0.0413. The van der Waals surface area contributed by atoms with Gasteiger partial charge in [-0.25, -0.2) is 0 Å². The molecule has 0 amide bonds. The van der Waals surface area contributed by atoms with Crippen molar-refractivity contribution >= 4 is 34.5 Å².